The van der Waals surface area contributed by atoms with Gasteiger partial charge < -0.3 is 4.74 Å². The summed E-state index contributed by atoms with van der Waals surface area (Å²) in [5, 5.41) is 0. The van der Waals surface area contributed by atoms with E-state index >= 15 is 0 Å². The van der Waals surface area contributed by atoms with Crippen LogP contribution in [0.4, 0.5) is 0 Å². The van der Waals surface area contributed by atoms with E-state index < -0.39 is 0 Å². The second kappa shape index (κ2) is 14.1. The molecule has 0 aliphatic rings. The highest BCUT2D eigenvalue weighted by Crippen LogP contribution is 2.22. The Morgan fingerprint density at radius 3 is 2.54 bits per heavy atom. The molecule has 1 atom stereocenters. The average Bonchev–Trinajstić information content (AvgIpc) is 2.61. The Morgan fingerprint density at radius 2 is 1.75 bits per heavy atom. The van der Waals surface area contributed by atoms with Crippen LogP contribution in [0.2, 0.25) is 0 Å². The standard InChI is InChI=1S/C23H38O/c1-4-6-7-8-9-15-20-24-23-19-14-13-18-22(23)17-12-10-11-16-21(3)5-2/h4,13-14,18-19,21H,1,5-12,15-17,20H2,2-3H3. The first-order valence-electron chi connectivity index (χ1n) is 10.1. The summed E-state index contributed by atoms with van der Waals surface area (Å²) in [5.74, 6) is 1.98. The molecule has 1 unspecified atom stereocenters. The van der Waals surface area contributed by atoms with Crippen molar-refractivity contribution in [2.75, 3.05) is 6.61 Å². The Balaban J connectivity index is 2.20. The molecule has 0 heterocycles. The molecule has 136 valence electrons. The molecule has 0 spiro atoms. The zero-order valence-corrected chi connectivity index (χ0v) is 16.1. The Bertz CT molecular complexity index is 424. The predicted octanol–water partition coefficient (Wildman–Crippen LogP) is 7.35. The quantitative estimate of drug-likeness (QED) is 0.241. The van der Waals surface area contributed by atoms with Crippen LogP contribution in [-0.2, 0) is 6.42 Å². The monoisotopic (exact) mass is 330 g/mol. The molecule has 0 radical (unpaired) electrons. The first-order chi connectivity index (χ1) is 11.8. The van der Waals surface area contributed by atoms with Gasteiger partial charge in [0, 0.05) is 0 Å². The van der Waals surface area contributed by atoms with Gasteiger partial charge in [-0.15, -0.1) is 6.58 Å². The molecule has 24 heavy (non-hydrogen) atoms. The second-order valence-electron chi connectivity index (χ2n) is 7.06. The highest BCUT2D eigenvalue weighted by atomic mass is 16.5. The van der Waals surface area contributed by atoms with Crippen LogP contribution in [0.1, 0.15) is 83.6 Å². The lowest BCUT2D eigenvalue weighted by atomic mass is 9.99. The lowest BCUT2D eigenvalue weighted by Crippen LogP contribution is -2.00. The van der Waals surface area contributed by atoms with E-state index in [0.717, 1.165) is 37.5 Å². The van der Waals surface area contributed by atoms with Gasteiger partial charge in [-0.05, 0) is 49.7 Å². The number of rotatable bonds is 15. The molecule has 0 aromatic heterocycles. The fourth-order valence-corrected chi connectivity index (χ4v) is 2.97. The van der Waals surface area contributed by atoms with Gasteiger partial charge in [0.05, 0.1) is 6.61 Å². The summed E-state index contributed by atoms with van der Waals surface area (Å²) in [4.78, 5) is 0. The van der Waals surface area contributed by atoms with Gasteiger partial charge in [-0.3, -0.25) is 0 Å². The molecule has 0 saturated carbocycles. The van der Waals surface area contributed by atoms with E-state index in [4.69, 9.17) is 4.74 Å². The van der Waals surface area contributed by atoms with Crippen molar-refractivity contribution in [1.82, 2.24) is 0 Å². The maximum Gasteiger partial charge on any atom is 0.122 e. The van der Waals surface area contributed by atoms with Crippen LogP contribution in [0.3, 0.4) is 0 Å². The molecule has 0 aliphatic carbocycles. The number of allylic oxidation sites excluding steroid dienone is 1. The lowest BCUT2D eigenvalue weighted by molar-refractivity contribution is 0.301. The van der Waals surface area contributed by atoms with Crippen LogP contribution in [0.15, 0.2) is 36.9 Å². The zero-order valence-electron chi connectivity index (χ0n) is 16.1. The van der Waals surface area contributed by atoms with Crippen molar-refractivity contribution in [3.05, 3.63) is 42.5 Å². The van der Waals surface area contributed by atoms with Crippen LogP contribution >= 0.6 is 0 Å². The van der Waals surface area contributed by atoms with Gasteiger partial charge in [0.25, 0.3) is 0 Å². The number of benzene rings is 1. The molecule has 0 fully saturated rings. The minimum atomic E-state index is 0.846. The van der Waals surface area contributed by atoms with Crippen molar-refractivity contribution in [3.8, 4) is 5.75 Å². The number of hydrogen-bond acceptors (Lipinski definition) is 1. The van der Waals surface area contributed by atoms with Crippen molar-refractivity contribution in [1.29, 1.82) is 0 Å². The van der Waals surface area contributed by atoms with Gasteiger partial charge in [0.2, 0.25) is 0 Å². The third-order valence-corrected chi connectivity index (χ3v) is 4.87. The third kappa shape index (κ3) is 9.80. The fraction of sp³-hybridized carbons (Fsp3) is 0.652. The molecule has 1 aromatic rings. The van der Waals surface area contributed by atoms with E-state index in [9.17, 15) is 0 Å². The Kier molecular flexibility index (Phi) is 12.3. The molecule has 0 saturated heterocycles. The molecule has 0 bridgehead atoms. The van der Waals surface area contributed by atoms with Crippen LogP contribution in [0.25, 0.3) is 0 Å². The van der Waals surface area contributed by atoms with Crippen molar-refractivity contribution in [2.45, 2.75) is 84.5 Å². The summed E-state index contributed by atoms with van der Waals surface area (Å²) in [7, 11) is 0. The smallest absolute Gasteiger partial charge is 0.122 e. The highest BCUT2D eigenvalue weighted by molar-refractivity contribution is 5.33. The first-order valence-corrected chi connectivity index (χ1v) is 10.1. The van der Waals surface area contributed by atoms with Crippen LogP contribution < -0.4 is 4.74 Å². The van der Waals surface area contributed by atoms with Crippen molar-refractivity contribution < 1.29 is 4.74 Å². The van der Waals surface area contributed by atoms with Gasteiger partial charge in [-0.1, -0.05) is 76.6 Å². The molecule has 1 nitrogen and oxygen atoms in total. The molecule has 1 heteroatoms. The highest BCUT2D eigenvalue weighted by Gasteiger charge is 2.04. The minimum Gasteiger partial charge on any atom is -0.493 e. The SMILES string of the molecule is C=CCCCCCCOc1ccccc1CCCCCC(C)CC. The maximum atomic E-state index is 6.04. The molecular formula is C23H38O. The van der Waals surface area contributed by atoms with Gasteiger partial charge in [-0.2, -0.15) is 0 Å². The van der Waals surface area contributed by atoms with Crippen LogP contribution in [0, 0.1) is 5.92 Å². The summed E-state index contributed by atoms with van der Waals surface area (Å²) in [5.41, 5.74) is 1.38. The predicted molar refractivity (Wildman–Crippen MR) is 107 cm³/mol. The Hall–Kier alpha value is -1.24. The zero-order chi connectivity index (χ0) is 17.5. The van der Waals surface area contributed by atoms with Gasteiger partial charge in [-0.25, -0.2) is 0 Å². The summed E-state index contributed by atoms with van der Waals surface area (Å²) < 4.78 is 6.04. The van der Waals surface area contributed by atoms with Crippen molar-refractivity contribution in [3.63, 3.8) is 0 Å². The molecule has 1 rings (SSSR count). The number of aryl methyl sites for hydroxylation is 1. The van der Waals surface area contributed by atoms with E-state index in [2.05, 4.69) is 44.7 Å². The topological polar surface area (TPSA) is 9.23 Å². The van der Waals surface area contributed by atoms with Gasteiger partial charge in [0.1, 0.15) is 5.75 Å². The van der Waals surface area contributed by atoms with Crippen LogP contribution in [0.5, 0.6) is 5.75 Å². The summed E-state index contributed by atoms with van der Waals surface area (Å²) in [6.07, 6.45) is 15.9. The lowest BCUT2D eigenvalue weighted by Gasteiger charge is -2.12. The normalized spacial score (nSPS) is 12.1. The molecule has 0 aliphatic heterocycles. The van der Waals surface area contributed by atoms with Gasteiger partial charge >= 0.3 is 0 Å². The Labute approximate surface area is 150 Å². The molecular weight excluding hydrogens is 292 g/mol. The number of ether oxygens (including phenoxy) is 1. The molecule has 0 N–H and O–H groups in total. The van der Waals surface area contributed by atoms with Gasteiger partial charge in [0.15, 0.2) is 0 Å². The van der Waals surface area contributed by atoms with E-state index in [1.807, 2.05) is 6.08 Å². The average molecular weight is 331 g/mol. The van der Waals surface area contributed by atoms with Crippen LogP contribution in [-0.4, -0.2) is 6.61 Å². The summed E-state index contributed by atoms with van der Waals surface area (Å²) >= 11 is 0. The second-order valence-corrected chi connectivity index (χ2v) is 7.06. The van der Waals surface area contributed by atoms with E-state index in [1.54, 1.807) is 0 Å². The van der Waals surface area contributed by atoms with E-state index in [1.165, 1.54) is 56.9 Å². The number of unbranched alkanes of at least 4 members (excludes halogenated alkanes) is 6. The van der Waals surface area contributed by atoms with Crippen molar-refractivity contribution in [2.24, 2.45) is 5.92 Å². The minimum absolute atomic E-state index is 0.846. The first kappa shape index (κ1) is 20.8. The third-order valence-electron chi connectivity index (χ3n) is 4.87. The summed E-state index contributed by atoms with van der Waals surface area (Å²) in [6.45, 7) is 9.27. The molecule has 0 amide bonds. The Morgan fingerprint density at radius 1 is 1.00 bits per heavy atom. The summed E-state index contributed by atoms with van der Waals surface area (Å²) in [6, 6.07) is 8.59. The van der Waals surface area contributed by atoms with E-state index in [0.29, 0.717) is 0 Å². The largest absolute Gasteiger partial charge is 0.493 e. The fourth-order valence-electron chi connectivity index (χ4n) is 2.97. The van der Waals surface area contributed by atoms with E-state index in [-0.39, 0.29) is 0 Å². The maximum absolute atomic E-state index is 6.04. The van der Waals surface area contributed by atoms with Crippen molar-refractivity contribution >= 4 is 0 Å². The number of hydrogen-bond donors (Lipinski definition) is 0. The number of para-hydroxylation sites is 1. The molecule has 1 aromatic carbocycles.